The van der Waals surface area contributed by atoms with Crippen LogP contribution in [0.2, 0.25) is 0 Å². The van der Waals surface area contributed by atoms with E-state index in [2.05, 4.69) is 25.4 Å². The van der Waals surface area contributed by atoms with Crippen molar-refractivity contribution in [2.24, 2.45) is 0 Å². The Morgan fingerprint density at radius 2 is 1.75 bits per heavy atom. The van der Waals surface area contributed by atoms with Crippen LogP contribution >= 0.6 is 0 Å². The fourth-order valence-corrected chi connectivity index (χ4v) is 5.28. The first-order valence-corrected chi connectivity index (χ1v) is 13.5. The van der Waals surface area contributed by atoms with E-state index in [0.29, 0.717) is 35.1 Å². The van der Waals surface area contributed by atoms with Crippen molar-refractivity contribution < 1.29 is 13.6 Å². The smallest absolute Gasteiger partial charge is 0.276 e. The van der Waals surface area contributed by atoms with E-state index in [9.17, 15) is 13.6 Å². The van der Waals surface area contributed by atoms with Gasteiger partial charge in [-0.05, 0) is 79.0 Å². The molecule has 2 N–H and O–H groups in total. The first-order valence-electron chi connectivity index (χ1n) is 13.5. The largest absolute Gasteiger partial charge is 0.319 e. The van der Waals surface area contributed by atoms with Gasteiger partial charge < -0.3 is 5.32 Å². The van der Waals surface area contributed by atoms with Crippen LogP contribution in [0.15, 0.2) is 79.0 Å². The van der Waals surface area contributed by atoms with Crippen LogP contribution < -0.4 is 5.32 Å². The van der Waals surface area contributed by atoms with Gasteiger partial charge in [0.15, 0.2) is 17.3 Å². The number of H-pyrrole nitrogens is 1. The summed E-state index contributed by atoms with van der Waals surface area (Å²) in [5.41, 5.74) is 4.73. The number of hydrogen-bond acceptors (Lipinski definition) is 4. The Morgan fingerprint density at radius 3 is 2.52 bits per heavy atom. The topological polar surface area (TPSA) is 73.9 Å². The molecule has 1 aliphatic rings. The van der Waals surface area contributed by atoms with E-state index in [1.807, 2.05) is 36.4 Å². The van der Waals surface area contributed by atoms with E-state index < -0.39 is 17.5 Å². The molecule has 1 aliphatic heterocycles. The molecule has 2 aromatic heterocycles. The number of nitrogens with zero attached hydrogens (tertiary/aromatic N) is 3. The Morgan fingerprint density at radius 1 is 0.925 bits per heavy atom. The zero-order valence-corrected chi connectivity index (χ0v) is 22.0. The lowest BCUT2D eigenvalue weighted by Crippen LogP contribution is -2.29. The molecule has 1 saturated heterocycles. The number of aromatic nitrogens is 3. The molecule has 5 aromatic rings. The van der Waals surface area contributed by atoms with Crippen molar-refractivity contribution >= 4 is 22.5 Å². The summed E-state index contributed by atoms with van der Waals surface area (Å²) in [4.78, 5) is 19.9. The van der Waals surface area contributed by atoms with E-state index in [1.54, 1.807) is 36.5 Å². The van der Waals surface area contributed by atoms with Crippen molar-refractivity contribution in [1.82, 2.24) is 20.1 Å². The molecule has 0 aliphatic carbocycles. The van der Waals surface area contributed by atoms with E-state index >= 15 is 0 Å². The summed E-state index contributed by atoms with van der Waals surface area (Å²) in [5.74, 6) is -2.21. The molecule has 0 atom stereocenters. The van der Waals surface area contributed by atoms with Crippen LogP contribution in [-0.4, -0.2) is 39.1 Å². The summed E-state index contributed by atoms with van der Waals surface area (Å²) in [6.45, 7) is 2.49. The molecule has 8 heteroatoms. The third kappa shape index (κ3) is 5.62. The molecule has 6 rings (SSSR count). The molecule has 0 spiro atoms. The van der Waals surface area contributed by atoms with E-state index in [1.165, 1.54) is 12.5 Å². The van der Waals surface area contributed by atoms with Crippen LogP contribution in [0, 0.1) is 11.6 Å². The number of nitrogens with one attached hydrogen (secondary N) is 2. The maximum absolute atomic E-state index is 15.0. The Balaban J connectivity index is 1.23. The summed E-state index contributed by atoms with van der Waals surface area (Å²) in [5, 5.41) is 10.4. The molecule has 40 heavy (non-hydrogen) atoms. The van der Waals surface area contributed by atoms with Crippen LogP contribution in [0.1, 0.15) is 46.6 Å². The van der Waals surface area contributed by atoms with Gasteiger partial charge in [0.1, 0.15) is 0 Å². The van der Waals surface area contributed by atoms with Gasteiger partial charge >= 0.3 is 0 Å². The quantitative estimate of drug-likeness (QED) is 0.241. The number of anilines is 1. The van der Waals surface area contributed by atoms with Crippen molar-refractivity contribution in [3.05, 3.63) is 113 Å². The lowest BCUT2D eigenvalue weighted by atomic mass is 9.99. The van der Waals surface area contributed by atoms with Gasteiger partial charge in [-0.15, -0.1) is 0 Å². The SMILES string of the molecule is O=C(Nc1ccc(Cc2ccccc2)nc1)c1n[nH]c2ccc(-c3cc(CN4CCCCC4)cc(F)c3F)cc12. The molecule has 202 valence electrons. The molecular weight excluding hydrogens is 508 g/mol. The second-order valence-electron chi connectivity index (χ2n) is 10.3. The molecular formula is C32H29F2N5O. The number of piperidine rings is 1. The fraction of sp³-hybridized carbons (Fsp3) is 0.219. The van der Waals surface area contributed by atoms with Crippen LogP contribution in [-0.2, 0) is 13.0 Å². The number of carbonyl (C=O) groups excluding carboxylic acids is 1. The van der Waals surface area contributed by atoms with Gasteiger partial charge in [0.25, 0.3) is 5.91 Å². The number of fused-ring (bicyclic) bond motifs is 1. The van der Waals surface area contributed by atoms with Crippen molar-refractivity contribution in [2.45, 2.75) is 32.2 Å². The summed E-state index contributed by atoms with van der Waals surface area (Å²) >= 11 is 0. The number of hydrogen-bond donors (Lipinski definition) is 2. The molecule has 1 fully saturated rings. The summed E-state index contributed by atoms with van der Waals surface area (Å²) in [6.07, 6.45) is 5.75. The minimum absolute atomic E-state index is 0.163. The molecule has 6 nitrogen and oxygen atoms in total. The minimum atomic E-state index is -0.905. The summed E-state index contributed by atoms with van der Waals surface area (Å²) in [6, 6.07) is 21.8. The third-order valence-electron chi connectivity index (χ3n) is 7.34. The van der Waals surface area contributed by atoms with Crippen molar-refractivity contribution in [3.8, 4) is 11.1 Å². The van der Waals surface area contributed by atoms with Crippen LogP contribution in [0.25, 0.3) is 22.0 Å². The zero-order valence-electron chi connectivity index (χ0n) is 22.0. The fourth-order valence-electron chi connectivity index (χ4n) is 5.28. The lowest BCUT2D eigenvalue weighted by Gasteiger charge is -2.26. The number of halogens is 2. The van der Waals surface area contributed by atoms with Gasteiger partial charge in [0.05, 0.1) is 17.4 Å². The first-order chi connectivity index (χ1) is 19.5. The number of amides is 1. The maximum atomic E-state index is 15.0. The minimum Gasteiger partial charge on any atom is -0.319 e. The lowest BCUT2D eigenvalue weighted by molar-refractivity contribution is 0.102. The average molecular weight is 538 g/mol. The van der Waals surface area contributed by atoms with E-state index in [-0.39, 0.29) is 11.3 Å². The Hall–Kier alpha value is -4.43. The number of pyridine rings is 1. The second-order valence-corrected chi connectivity index (χ2v) is 10.3. The molecule has 0 unspecified atom stereocenters. The maximum Gasteiger partial charge on any atom is 0.276 e. The van der Waals surface area contributed by atoms with Crippen molar-refractivity contribution in [1.29, 1.82) is 0 Å². The molecule has 0 saturated carbocycles. The standard InChI is InChI=1S/C32H29F2N5O/c33-28-17-22(20-39-13-5-2-6-14-39)16-26(30(28)34)23-9-12-29-27(18-23)31(38-37-29)32(40)36-25-11-10-24(35-19-25)15-21-7-3-1-4-8-21/h1,3-4,7-12,16-19H,2,5-6,13-15,20H2,(H,36,40)(H,37,38). The van der Waals surface area contributed by atoms with Gasteiger partial charge in [0.2, 0.25) is 0 Å². The number of rotatable bonds is 7. The first kappa shape index (κ1) is 25.8. The number of benzene rings is 3. The second kappa shape index (κ2) is 11.4. The third-order valence-corrected chi connectivity index (χ3v) is 7.34. The molecule has 1 amide bonds. The highest BCUT2D eigenvalue weighted by atomic mass is 19.2. The zero-order chi connectivity index (χ0) is 27.5. The predicted molar refractivity (Wildman–Crippen MR) is 152 cm³/mol. The highest BCUT2D eigenvalue weighted by Gasteiger charge is 2.19. The monoisotopic (exact) mass is 537 g/mol. The highest BCUT2D eigenvalue weighted by molar-refractivity contribution is 6.11. The summed E-state index contributed by atoms with van der Waals surface area (Å²) < 4.78 is 29.6. The highest BCUT2D eigenvalue weighted by Crippen LogP contribution is 2.30. The van der Waals surface area contributed by atoms with Gasteiger partial charge in [-0.1, -0.05) is 42.8 Å². The average Bonchev–Trinajstić information content (AvgIpc) is 3.41. The van der Waals surface area contributed by atoms with Gasteiger partial charge in [0, 0.05) is 29.6 Å². The van der Waals surface area contributed by atoms with Crippen LogP contribution in [0.4, 0.5) is 14.5 Å². The number of aromatic amines is 1. The van der Waals surface area contributed by atoms with Gasteiger partial charge in [-0.2, -0.15) is 5.10 Å². The molecule has 0 radical (unpaired) electrons. The number of likely N-dealkylation sites (tertiary alicyclic amines) is 1. The molecule has 3 heterocycles. The number of carbonyl (C=O) groups is 1. The van der Waals surface area contributed by atoms with Crippen molar-refractivity contribution in [3.63, 3.8) is 0 Å². The van der Waals surface area contributed by atoms with Crippen LogP contribution in [0.5, 0.6) is 0 Å². The Kier molecular flexibility index (Phi) is 7.33. The van der Waals surface area contributed by atoms with E-state index in [0.717, 1.165) is 42.8 Å². The van der Waals surface area contributed by atoms with Crippen LogP contribution in [0.3, 0.4) is 0 Å². The molecule has 3 aromatic carbocycles. The van der Waals surface area contributed by atoms with Crippen molar-refractivity contribution in [2.75, 3.05) is 18.4 Å². The van der Waals surface area contributed by atoms with E-state index in [4.69, 9.17) is 0 Å². The normalized spacial score (nSPS) is 13.9. The van der Waals surface area contributed by atoms with Gasteiger partial charge in [-0.25, -0.2) is 8.78 Å². The Labute approximate surface area is 231 Å². The Bertz CT molecular complexity index is 1640. The molecule has 0 bridgehead atoms. The van der Waals surface area contributed by atoms with Gasteiger partial charge in [-0.3, -0.25) is 19.8 Å². The predicted octanol–water partition coefficient (Wildman–Crippen LogP) is 6.73. The summed E-state index contributed by atoms with van der Waals surface area (Å²) in [7, 11) is 0.